The summed E-state index contributed by atoms with van der Waals surface area (Å²) in [5.41, 5.74) is 1.47. The van der Waals surface area contributed by atoms with E-state index in [-0.39, 0.29) is 17.8 Å². The Morgan fingerprint density at radius 2 is 1.80 bits per heavy atom. The summed E-state index contributed by atoms with van der Waals surface area (Å²) in [6.07, 6.45) is -4.34. The summed E-state index contributed by atoms with van der Waals surface area (Å²) in [6, 6.07) is 0. The van der Waals surface area contributed by atoms with E-state index in [1.165, 1.54) is 0 Å². The SMILES string of the molecule is C/C1=C/[C@H]2OC(=O)[C@@H](C)[C@@H]2C[C@H](O)/C(C)=C\CC1O[C@@H]1O[C@H](CO)[C@@H](O)[C@H](O)[C@H]1O. The van der Waals surface area contributed by atoms with Crippen molar-refractivity contribution >= 4 is 5.97 Å². The molecule has 3 aliphatic rings. The molecule has 0 amide bonds. The molecule has 1 unspecified atom stereocenters. The van der Waals surface area contributed by atoms with Gasteiger partial charge in [-0.3, -0.25) is 4.79 Å². The molecule has 0 radical (unpaired) electrons. The Kier molecular flexibility index (Phi) is 7.34. The first kappa shape index (κ1) is 23.3. The van der Waals surface area contributed by atoms with Gasteiger partial charge in [-0.1, -0.05) is 13.0 Å². The molecule has 0 bridgehead atoms. The van der Waals surface area contributed by atoms with Crippen LogP contribution in [-0.2, 0) is 19.0 Å². The number of aliphatic hydroxyl groups excluding tert-OH is 5. The maximum absolute atomic E-state index is 12.1. The van der Waals surface area contributed by atoms with Crippen LogP contribution >= 0.6 is 0 Å². The first-order valence-electron chi connectivity index (χ1n) is 10.3. The average Bonchev–Trinajstić information content (AvgIpc) is 2.97. The highest BCUT2D eigenvalue weighted by Crippen LogP contribution is 2.36. The average molecular weight is 428 g/mol. The Labute approximate surface area is 175 Å². The minimum absolute atomic E-state index is 0.184. The summed E-state index contributed by atoms with van der Waals surface area (Å²) in [5, 5.41) is 50.2. The minimum Gasteiger partial charge on any atom is -0.458 e. The van der Waals surface area contributed by atoms with Crippen LogP contribution < -0.4 is 0 Å². The summed E-state index contributed by atoms with van der Waals surface area (Å²) in [6.45, 7) is 4.85. The van der Waals surface area contributed by atoms with Crippen molar-refractivity contribution in [1.29, 1.82) is 0 Å². The third kappa shape index (κ3) is 4.62. The molecule has 10 atom stereocenters. The number of carbonyl (C=O) groups is 1. The molecule has 2 heterocycles. The lowest BCUT2D eigenvalue weighted by Gasteiger charge is -2.41. The second kappa shape index (κ2) is 9.44. The zero-order valence-corrected chi connectivity index (χ0v) is 17.4. The van der Waals surface area contributed by atoms with Gasteiger partial charge in [-0.05, 0) is 43.9 Å². The van der Waals surface area contributed by atoms with Gasteiger partial charge in [0.05, 0.1) is 24.7 Å². The molecule has 2 fully saturated rings. The Balaban J connectivity index is 1.85. The largest absolute Gasteiger partial charge is 0.458 e. The standard InChI is InChI=1S/C21H32O9/c1-9-4-5-14(29-21-19(26)18(25)17(24)16(8-22)30-21)10(2)6-15-12(7-13(9)23)11(3)20(27)28-15/h4,6,11-19,21-26H,5,7-8H2,1-3H3/b9-4-,10-6-/t11-,12-,13-,14?,15+,16+,17+,18-,19+,21+/m0/s1. The summed E-state index contributed by atoms with van der Waals surface area (Å²) in [4.78, 5) is 12.1. The molecule has 0 spiro atoms. The Morgan fingerprint density at radius 1 is 1.10 bits per heavy atom. The molecule has 2 saturated heterocycles. The number of esters is 1. The van der Waals surface area contributed by atoms with Crippen molar-refractivity contribution in [3.8, 4) is 0 Å². The second-order valence-corrected chi connectivity index (χ2v) is 8.52. The lowest BCUT2D eigenvalue weighted by molar-refractivity contribution is -0.308. The Bertz CT molecular complexity index is 688. The van der Waals surface area contributed by atoms with E-state index in [0.29, 0.717) is 12.8 Å². The fourth-order valence-corrected chi connectivity index (χ4v) is 4.21. The Hall–Kier alpha value is -1.33. The van der Waals surface area contributed by atoms with Crippen molar-refractivity contribution in [2.24, 2.45) is 11.8 Å². The molecule has 2 aliphatic heterocycles. The van der Waals surface area contributed by atoms with Crippen molar-refractivity contribution in [3.63, 3.8) is 0 Å². The lowest BCUT2D eigenvalue weighted by atomic mass is 9.83. The maximum Gasteiger partial charge on any atom is 0.309 e. The minimum atomic E-state index is -1.54. The highest BCUT2D eigenvalue weighted by molar-refractivity contribution is 5.75. The van der Waals surface area contributed by atoms with Gasteiger partial charge in [0.15, 0.2) is 6.29 Å². The molecular weight excluding hydrogens is 396 g/mol. The van der Waals surface area contributed by atoms with Crippen molar-refractivity contribution in [2.75, 3.05) is 6.61 Å². The highest BCUT2D eigenvalue weighted by atomic mass is 16.7. The van der Waals surface area contributed by atoms with Crippen LogP contribution in [0.25, 0.3) is 0 Å². The second-order valence-electron chi connectivity index (χ2n) is 8.52. The molecule has 30 heavy (non-hydrogen) atoms. The fourth-order valence-electron chi connectivity index (χ4n) is 4.21. The fraction of sp³-hybridized carbons (Fsp3) is 0.762. The summed E-state index contributed by atoms with van der Waals surface area (Å²) in [7, 11) is 0. The molecule has 0 aromatic heterocycles. The topological polar surface area (TPSA) is 146 Å². The third-order valence-corrected chi connectivity index (χ3v) is 6.45. The van der Waals surface area contributed by atoms with Gasteiger partial charge in [0.1, 0.15) is 30.5 Å². The van der Waals surface area contributed by atoms with Crippen molar-refractivity contribution in [1.82, 2.24) is 0 Å². The number of fused-ring (bicyclic) bond motifs is 1. The maximum atomic E-state index is 12.1. The van der Waals surface area contributed by atoms with E-state index in [1.807, 2.05) is 13.0 Å². The molecule has 9 heteroatoms. The van der Waals surface area contributed by atoms with Crippen LogP contribution in [-0.4, -0.2) is 87.1 Å². The van der Waals surface area contributed by atoms with Gasteiger partial charge in [0, 0.05) is 5.92 Å². The molecule has 9 nitrogen and oxygen atoms in total. The number of rotatable bonds is 3. The van der Waals surface area contributed by atoms with Gasteiger partial charge in [-0.25, -0.2) is 0 Å². The summed E-state index contributed by atoms with van der Waals surface area (Å²) < 4.78 is 16.9. The number of ether oxygens (including phenoxy) is 3. The van der Waals surface area contributed by atoms with Gasteiger partial charge in [0.25, 0.3) is 0 Å². The molecule has 0 aromatic carbocycles. The summed E-state index contributed by atoms with van der Waals surface area (Å²) in [5.74, 6) is -0.837. The van der Waals surface area contributed by atoms with Crippen molar-refractivity contribution in [2.45, 2.75) is 82.6 Å². The van der Waals surface area contributed by atoms with E-state index >= 15 is 0 Å². The van der Waals surface area contributed by atoms with E-state index in [0.717, 1.165) is 11.1 Å². The van der Waals surface area contributed by atoms with Crippen LogP contribution in [0.2, 0.25) is 0 Å². The molecule has 0 saturated carbocycles. The normalized spacial score (nSPS) is 48.7. The smallest absolute Gasteiger partial charge is 0.309 e. The van der Waals surface area contributed by atoms with Crippen LogP contribution in [0.1, 0.15) is 33.6 Å². The van der Waals surface area contributed by atoms with Crippen LogP contribution in [0.5, 0.6) is 0 Å². The van der Waals surface area contributed by atoms with Gasteiger partial charge in [0.2, 0.25) is 0 Å². The highest BCUT2D eigenvalue weighted by Gasteiger charge is 2.46. The van der Waals surface area contributed by atoms with Crippen molar-refractivity contribution < 1.29 is 44.5 Å². The predicted octanol–water partition coefficient (Wildman–Crippen LogP) is -0.603. The lowest BCUT2D eigenvalue weighted by Crippen LogP contribution is -2.59. The molecule has 5 N–H and O–H groups in total. The third-order valence-electron chi connectivity index (χ3n) is 6.45. The Morgan fingerprint density at radius 3 is 2.47 bits per heavy atom. The van der Waals surface area contributed by atoms with E-state index in [9.17, 15) is 30.3 Å². The molecule has 3 rings (SSSR count). The quantitative estimate of drug-likeness (QED) is 0.294. The number of hydrogen-bond donors (Lipinski definition) is 5. The van der Waals surface area contributed by atoms with Crippen LogP contribution in [0.3, 0.4) is 0 Å². The summed E-state index contributed by atoms with van der Waals surface area (Å²) >= 11 is 0. The van der Waals surface area contributed by atoms with E-state index in [4.69, 9.17) is 14.2 Å². The number of hydrogen-bond acceptors (Lipinski definition) is 9. The zero-order chi connectivity index (χ0) is 22.2. The molecule has 1 aliphatic carbocycles. The number of aliphatic hydroxyl groups is 5. The van der Waals surface area contributed by atoms with Gasteiger partial charge < -0.3 is 39.7 Å². The molecule has 0 aromatic rings. The molecule has 170 valence electrons. The van der Waals surface area contributed by atoms with Crippen LogP contribution in [0, 0.1) is 11.8 Å². The van der Waals surface area contributed by atoms with E-state index in [2.05, 4.69) is 0 Å². The zero-order valence-electron chi connectivity index (χ0n) is 17.4. The van der Waals surface area contributed by atoms with E-state index in [1.54, 1.807) is 19.9 Å². The first-order chi connectivity index (χ1) is 14.1. The van der Waals surface area contributed by atoms with Crippen LogP contribution in [0.15, 0.2) is 23.3 Å². The van der Waals surface area contributed by atoms with E-state index < -0.39 is 55.6 Å². The van der Waals surface area contributed by atoms with Gasteiger partial charge >= 0.3 is 5.97 Å². The van der Waals surface area contributed by atoms with Gasteiger partial charge in [-0.2, -0.15) is 0 Å². The number of carbonyl (C=O) groups excluding carboxylic acids is 1. The van der Waals surface area contributed by atoms with Crippen LogP contribution in [0.4, 0.5) is 0 Å². The molecular formula is C21H32O9. The van der Waals surface area contributed by atoms with Gasteiger partial charge in [-0.15, -0.1) is 0 Å². The van der Waals surface area contributed by atoms with Crippen molar-refractivity contribution in [3.05, 3.63) is 23.3 Å². The monoisotopic (exact) mass is 428 g/mol. The first-order valence-corrected chi connectivity index (χ1v) is 10.3. The predicted molar refractivity (Wildman–Crippen MR) is 104 cm³/mol.